The Balaban J connectivity index is 1.84. The molecule has 0 N–H and O–H groups in total. The summed E-state index contributed by atoms with van der Waals surface area (Å²) in [5, 5.41) is 9.50. The summed E-state index contributed by atoms with van der Waals surface area (Å²) in [5.74, 6) is -0.379. The monoisotopic (exact) mass is 308 g/mol. The van der Waals surface area contributed by atoms with Crippen molar-refractivity contribution in [2.45, 2.75) is 26.3 Å². The molecule has 1 atom stereocenters. The van der Waals surface area contributed by atoms with E-state index in [9.17, 15) is 14.4 Å². The molecule has 23 heavy (non-hydrogen) atoms. The van der Waals surface area contributed by atoms with Crippen LogP contribution in [0.3, 0.4) is 0 Å². The molecule has 2 aromatic carbocycles. The number of hydrogen-bond donors (Lipinski definition) is 0. The standard InChI is InChI=1S/C19H17FN2O/c1-12-9-16-17(10-13(12)2)19(23)22(18(16)11-21)8-7-14-3-5-15(20)6-4-14/h3-6,9-10,18H,7-8H2,1-2H3. The molecule has 3 rings (SSSR count). The van der Waals surface area contributed by atoms with Gasteiger partial charge in [0.25, 0.3) is 5.91 Å². The van der Waals surface area contributed by atoms with Gasteiger partial charge in [-0.2, -0.15) is 5.26 Å². The van der Waals surface area contributed by atoms with Crippen LogP contribution in [0.5, 0.6) is 0 Å². The van der Waals surface area contributed by atoms with E-state index in [1.165, 1.54) is 12.1 Å². The van der Waals surface area contributed by atoms with Crippen molar-refractivity contribution in [2.75, 3.05) is 6.54 Å². The van der Waals surface area contributed by atoms with Crippen molar-refractivity contribution in [3.05, 3.63) is 70.0 Å². The highest BCUT2D eigenvalue weighted by molar-refractivity contribution is 6.00. The first-order chi connectivity index (χ1) is 11.0. The zero-order valence-corrected chi connectivity index (χ0v) is 13.1. The second-order valence-electron chi connectivity index (χ2n) is 5.93. The smallest absolute Gasteiger partial charge is 0.255 e. The number of carbonyl (C=O) groups is 1. The lowest BCUT2D eigenvalue weighted by Gasteiger charge is -2.20. The third-order valence-corrected chi connectivity index (χ3v) is 4.44. The molecular formula is C19H17FN2O. The van der Waals surface area contributed by atoms with Crippen molar-refractivity contribution >= 4 is 5.91 Å². The zero-order chi connectivity index (χ0) is 16.6. The Hall–Kier alpha value is -2.67. The lowest BCUT2D eigenvalue weighted by Crippen LogP contribution is -2.29. The van der Waals surface area contributed by atoms with Gasteiger partial charge in [-0.05, 0) is 55.2 Å². The summed E-state index contributed by atoms with van der Waals surface area (Å²) < 4.78 is 13.0. The second kappa shape index (κ2) is 5.85. The highest BCUT2D eigenvalue weighted by Gasteiger charge is 2.36. The van der Waals surface area contributed by atoms with Gasteiger partial charge in [-0.25, -0.2) is 4.39 Å². The summed E-state index contributed by atoms with van der Waals surface area (Å²) in [6, 6.07) is 11.7. The van der Waals surface area contributed by atoms with Crippen molar-refractivity contribution in [2.24, 2.45) is 0 Å². The number of halogens is 1. The predicted octanol–water partition coefficient (Wildman–Crippen LogP) is 3.71. The molecule has 0 radical (unpaired) electrons. The first-order valence-corrected chi connectivity index (χ1v) is 7.57. The van der Waals surface area contributed by atoms with Gasteiger partial charge in [-0.3, -0.25) is 4.79 Å². The fraction of sp³-hybridized carbons (Fsp3) is 0.263. The molecule has 116 valence electrons. The number of fused-ring (bicyclic) bond motifs is 1. The lowest BCUT2D eigenvalue weighted by atomic mass is 9.99. The third-order valence-electron chi connectivity index (χ3n) is 4.44. The number of hydrogen-bond acceptors (Lipinski definition) is 2. The molecule has 0 spiro atoms. The largest absolute Gasteiger partial charge is 0.318 e. The predicted molar refractivity (Wildman–Crippen MR) is 85.4 cm³/mol. The Morgan fingerprint density at radius 3 is 2.48 bits per heavy atom. The average Bonchev–Trinajstić information content (AvgIpc) is 2.79. The summed E-state index contributed by atoms with van der Waals surface area (Å²) >= 11 is 0. The minimum Gasteiger partial charge on any atom is -0.318 e. The number of amides is 1. The maximum atomic E-state index is 13.0. The van der Waals surface area contributed by atoms with Crippen LogP contribution in [0.15, 0.2) is 36.4 Å². The van der Waals surface area contributed by atoms with Crippen LogP contribution >= 0.6 is 0 Å². The summed E-state index contributed by atoms with van der Waals surface area (Å²) in [5.41, 5.74) is 4.49. The van der Waals surface area contributed by atoms with Gasteiger partial charge in [0, 0.05) is 17.7 Å². The molecule has 0 aliphatic carbocycles. The Morgan fingerprint density at radius 1 is 1.17 bits per heavy atom. The molecular weight excluding hydrogens is 291 g/mol. The zero-order valence-electron chi connectivity index (χ0n) is 13.1. The van der Waals surface area contributed by atoms with E-state index >= 15 is 0 Å². The van der Waals surface area contributed by atoms with E-state index in [1.807, 2.05) is 26.0 Å². The molecule has 0 saturated carbocycles. The van der Waals surface area contributed by atoms with E-state index in [1.54, 1.807) is 17.0 Å². The lowest BCUT2D eigenvalue weighted by molar-refractivity contribution is 0.0759. The molecule has 3 nitrogen and oxygen atoms in total. The van der Waals surface area contributed by atoms with E-state index < -0.39 is 6.04 Å². The van der Waals surface area contributed by atoms with Gasteiger partial charge in [0.2, 0.25) is 0 Å². The Bertz CT molecular complexity index is 805. The third kappa shape index (κ3) is 2.70. The minimum absolute atomic E-state index is 0.100. The van der Waals surface area contributed by atoms with Crippen LogP contribution in [0.4, 0.5) is 4.39 Å². The van der Waals surface area contributed by atoms with E-state index in [0.717, 1.165) is 22.3 Å². The summed E-state index contributed by atoms with van der Waals surface area (Å²) in [7, 11) is 0. The molecule has 0 saturated heterocycles. The van der Waals surface area contributed by atoms with E-state index in [2.05, 4.69) is 6.07 Å². The minimum atomic E-state index is -0.544. The SMILES string of the molecule is Cc1cc2c(cc1C)C(C#N)N(CCc1ccc(F)cc1)C2=O. The fourth-order valence-corrected chi connectivity index (χ4v) is 2.96. The van der Waals surface area contributed by atoms with Gasteiger partial charge in [-0.15, -0.1) is 0 Å². The molecule has 0 bridgehead atoms. The average molecular weight is 308 g/mol. The van der Waals surface area contributed by atoms with Crippen molar-refractivity contribution in [3.63, 3.8) is 0 Å². The van der Waals surface area contributed by atoms with Crippen LogP contribution in [0, 0.1) is 31.0 Å². The highest BCUT2D eigenvalue weighted by Crippen LogP contribution is 2.34. The Kier molecular flexibility index (Phi) is 3.87. The molecule has 0 fully saturated rings. The van der Waals surface area contributed by atoms with Gasteiger partial charge < -0.3 is 4.90 Å². The summed E-state index contributed by atoms with van der Waals surface area (Å²) in [6.07, 6.45) is 0.593. The van der Waals surface area contributed by atoms with Crippen molar-refractivity contribution < 1.29 is 9.18 Å². The Morgan fingerprint density at radius 2 is 1.83 bits per heavy atom. The van der Waals surface area contributed by atoms with Crippen molar-refractivity contribution in [3.8, 4) is 6.07 Å². The molecule has 4 heteroatoms. The van der Waals surface area contributed by atoms with E-state index in [-0.39, 0.29) is 11.7 Å². The van der Waals surface area contributed by atoms with E-state index in [4.69, 9.17) is 0 Å². The molecule has 1 amide bonds. The van der Waals surface area contributed by atoms with E-state index in [0.29, 0.717) is 18.5 Å². The van der Waals surface area contributed by atoms with Crippen molar-refractivity contribution in [1.82, 2.24) is 4.90 Å². The Labute approximate surface area is 135 Å². The number of nitriles is 1. The van der Waals surface area contributed by atoms with Crippen LogP contribution < -0.4 is 0 Å². The first kappa shape index (κ1) is 15.2. The van der Waals surface area contributed by atoms with Gasteiger partial charge in [0.05, 0.1) is 6.07 Å². The van der Waals surface area contributed by atoms with Crippen LogP contribution in [0.2, 0.25) is 0 Å². The highest BCUT2D eigenvalue weighted by atomic mass is 19.1. The van der Waals surface area contributed by atoms with Crippen LogP contribution in [0.1, 0.15) is 38.7 Å². The van der Waals surface area contributed by atoms with Gasteiger partial charge >= 0.3 is 0 Å². The molecule has 2 aromatic rings. The van der Waals surface area contributed by atoms with Crippen LogP contribution in [-0.2, 0) is 6.42 Å². The first-order valence-electron chi connectivity index (χ1n) is 7.57. The maximum absolute atomic E-state index is 13.0. The van der Waals surface area contributed by atoms with Crippen LogP contribution in [-0.4, -0.2) is 17.4 Å². The number of benzene rings is 2. The number of aryl methyl sites for hydroxylation is 2. The molecule has 1 aliphatic heterocycles. The maximum Gasteiger partial charge on any atom is 0.255 e. The molecule has 0 aromatic heterocycles. The fourth-order valence-electron chi connectivity index (χ4n) is 2.96. The number of rotatable bonds is 3. The van der Waals surface area contributed by atoms with Gasteiger partial charge in [0.15, 0.2) is 0 Å². The number of nitrogens with zero attached hydrogens (tertiary/aromatic N) is 2. The molecule has 1 heterocycles. The quantitative estimate of drug-likeness (QED) is 0.867. The number of carbonyl (C=O) groups excluding carboxylic acids is 1. The topological polar surface area (TPSA) is 44.1 Å². The summed E-state index contributed by atoms with van der Waals surface area (Å²) in [4.78, 5) is 14.2. The normalized spacial score (nSPS) is 16.3. The second-order valence-corrected chi connectivity index (χ2v) is 5.93. The summed E-state index contributed by atoms with van der Waals surface area (Å²) in [6.45, 7) is 4.39. The van der Waals surface area contributed by atoms with Gasteiger partial charge in [0.1, 0.15) is 11.9 Å². The molecule has 1 aliphatic rings. The van der Waals surface area contributed by atoms with Crippen molar-refractivity contribution in [1.29, 1.82) is 5.26 Å². The molecule has 1 unspecified atom stereocenters. The van der Waals surface area contributed by atoms with Gasteiger partial charge in [-0.1, -0.05) is 18.2 Å². The van der Waals surface area contributed by atoms with Crippen LogP contribution in [0.25, 0.3) is 0 Å².